The Morgan fingerprint density at radius 3 is 3.08 bits per heavy atom. The van der Waals surface area contributed by atoms with Gasteiger partial charge in [-0.2, -0.15) is 0 Å². The average Bonchev–Trinajstić information content (AvgIpc) is 2.53. The summed E-state index contributed by atoms with van der Waals surface area (Å²) in [4.78, 5) is 12.3. The zero-order chi connectivity index (χ0) is 8.81. The second kappa shape index (κ2) is 5.06. The van der Waals surface area contributed by atoms with Crippen LogP contribution in [0.4, 0.5) is 0 Å². The number of thiophene rings is 1. The molecule has 0 radical (unpaired) electrons. The minimum Gasteiger partial charge on any atom is -0.377 e. The first kappa shape index (κ1) is 9.42. The molecule has 0 bridgehead atoms. The molecule has 1 aromatic heterocycles. The molecule has 0 atom stereocenters. The number of Topliss-reactive ketones (excluding diaryl/α,β-unsaturated/α-hetero) is 1. The Morgan fingerprint density at radius 2 is 2.50 bits per heavy atom. The van der Waals surface area contributed by atoms with Crippen LogP contribution >= 0.6 is 11.3 Å². The third kappa shape index (κ3) is 3.15. The highest BCUT2D eigenvalue weighted by molar-refractivity contribution is 7.09. The largest absolute Gasteiger partial charge is 0.377 e. The van der Waals surface area contributed by atoms with Crippen LogP contribution in [-0.4, -0.2) is 19.5 Å². The van der Waals surface area contributed by atoms with E-state index in [4.69, 9.17) is 4.74 Å². The van der Waals surface area contributed by atoms with E-state index in [1.165, 1.54) is 4.88 Å². The van der Waals surface area contributed by atoms with Crippen LogP contribution in [-0.2, 0) is 16.0 Å². The van der Waals surface area contributed by atoms with Crippen LogP contribution in [0.15, 0.2) is 17.5 Å². The molecule has 0 aliphatic heterocycles. The van der Waals surface area contributed by atoms with E-state index in [9.17, 15) is 4.79 Å². The van der Waals surface area contributed by atoms with Crippen molar-refractivity contribution in [3.63, 3.8) is 0 Å². The minimum absolute atomic E-state index is 0.172. The smallest absolute Gasteiger partial charge is 0.158 e. The van der Waals surface area contributed by atoms with Gasteiger partial charge in [-0.25, -0.2) is 0 Å². The van der Waals surface area contributed by atoms with Crippen molar-refractivity contribution in [2.45, 2.75) is 12.8 Å². The van der Waals surface area contributed by atoms with E-state index in [0.717, 1.165) is 6.42 Å². The molecular weight excluding hydrogens is 172 g/mol. The number of rotatable bonds is 5. The summed E-state index contributed by atoms with van der Waals surface area (Å²) in [6.07, 6.45) is 1.44. The molecule has 2 nitrogen and oxygen atoms in total. The first-order chi connectivity index (χ1) is 5.83. The van der Waals surface area contributed by atoms with Crippen LogP contribution < -0.4 is 0 Å². The third-order valence-corrected chi connectivity index (χ3v) is 2.47. The van der Waals surface area contributed by atoms with Gasteiger partial charge in [-0.1, -0.05) is 6.07 Å². The van der Waals surface area contributed by atoms with Crippen molar-refractivity contribution in [2.75, 3.05) is 13.7 Å². The number of carbonyl (C=O) groups is 1. The Hall–Kier alpha value is -0.670. The molecule has 12 heavy (non-hydrogen) atoms. The normalized spacial score (nSPS) is 10.1. The summed E-state index contributed by atoms with van der Waals surface area (Å²) in [6.45, 7) is 0.241. The Morgan fingerprint density at radius 1 is 1.67 bits per heavy atom. The third-order valence-electron chi connectivity index (χ3n) is 1.54. The minimum atomic E-state index is 0.172. The maximum absolute atomic E-state index is 11.0. The summed E-state index contributed by atoms with van der Waals surface area (Å²) in [6, 6.07) is 4.05. The lowest BCUT2D eigenvalue weighted by Gasteiger charge is -1.96. The van der Waals surface area contributed by atoms with Gasteiger partial charge in [-0.3, -0.25) is 4.79 Å². The van der Waals surface area contributed by atoms with E-state index in [1.807, 2.05) is 17.5 Å². The van der Waals surface area contributed by atoms with Crippen LogP contribution in [0.2, 0.25) is 0 Å². The number of ether oxygens (including phenoxy) is 1. The van der Waals surface area contributed by atoms with Crippen LogP contribution in [0.5, 0.6) is 0 Å². The molecule has 1 heterocycles. The van der Waals surface area contributed by atoms with Gasteiger partial charge < -0.3 is 4.74 Å². The summed E-state index contributed by atoms with van der Waals surface area (Å²) in [5.41, 5.74) is 0. The molecule has 0 amide bonds. The molecule has 0 saturated heterocycles. The van der Waals surface area contributed by atoms with Gasteiger partial charge in [0, 0.05) is 18.4 Å². The molecule has 1 aromatic rings. The predicted molar refractivity (Wildman–Crippen MR) is 49.5 cm³/mol. The van der Waals surface area contributed by atoms with E-state index in [1.54, 1.807) is 18.4 Å². The van der Waals surface area contributed by atoms with Crippen molar-refractivity contribution in [1.82, 2.24) is 0 Å². The van der Waals surface area contributed by atoms with Gasteiger partial charge in [-0.05, 0) is 17.9 Å². The first-order valence-electron chi connectivity index (χ1n) is 3.86. The highest BCUT2D eigenvalue weighted by atomic mass is 32.1. The maximum Gasteiger partial charge on any atom is 0.158 e. The Kier molecular flexibility index (Phi) is 3.97. The molecule has 0 fully saturated rings. The summed E-state index contributed by atoms with van der Waals surface area (Å²) < 4.78 is 4.73. The van der Waals surface area contributed by atoms with E-state index >= 15 is 0 Å². The van der Waals surface area contributed by atoms with Crippen molar-refractivity contribution in [3.8, 4) is 0 Å². The van der Waals surface area contributed by atoms with Crippen LogP contribution in [0.1, 0.15) is 11.3 Å². The molecule has 0 N–H and O–H groups in total. The van der Waals surface area contributed by atoms with Gasteiger partial charge >= 0.3 is 0 Å². The predicted octanol–water partition coefficient (Wildman–Crippen LogP) is 1.90. The number of carbonyl (C=O) groups excluding carboxylic acids is 1. The van der Waals surface area contributed by atoms with E-state index in [0.29, 0.717) is 6.42 Å². The van der Waals surface area contributed by atoms with Gasteiger partial charge in [0.1, 0.15) is 6.61 Å². The lowest BCUT2D eigenvalue weighted by Crippen LogP contribution is -2.06. The van der Waals surface area contributed by atoms with Crippen LogP contribution in [0.3, 0.4) is 0 Å². The number of hydrogen-bond acceptors (Lipinski definition) is 3. The maximum atomic E-state index is 11.0. The Labute approximate surface area is 76.2 Å². The van der Waals surface area contributed by atoms with Gasteiger partial charge in [0.25, 0.3) is 0 Å². The zero-order valence-corrected chi connectivity index (χ0v) is 7.89. The Bertz CT molecular complexity index is 229. The molecule has 3 heteroatoms. The second-order valence-electron chi connectivity index (χ2n) is 2.55. The quantitative estimate of drug-likeness (QED) is 0.698. The highest BCUT2D eigenvalue weighted by Gasteiger charge is 2.01. The number of hydrogen-bond donors (Lipinski definition) is 0. The average molecular weight is 184 g/mol. The standard InChI is InChI=1S/C9H12O2S/c1-11-7-8(10)4-5-9-3-2-6-12-9/h2-3,6H,4-5,7H2,1H3. The van der Waals surface area contributed by atoms with Crippen molar-refractivity contribution in [1.29, 1.82) is 0 Å². The number of methoxy groups -OCH3 is 1. The summed E-state index contributed by atoms with van der Waals surface area (Å²) in [5.74, 6) is 0.172. The molecule has 0 unspecified atom stereocenters. The van der Waals surface area contributed by atoms with Crippen LogP contribution in [0, 0.1) is 0 Å². The van der Waals surface area contributed by atoms with Crippen molar-refractivity contribution < 1.29 is 9.53 Å². The molecule has 0 saturated carbocycles. The van der Waals surface area contributed by atoms with E-state index in [2.05, 4.69) is 0 Å². The summed E-state index contributed by atoms with van der Waals surface area (Å²) >= 11 is 1.69. The second-order valence-corrected chi connectivity index (χ2v) is 3.58. The topological polar surface area (TPSA) is 26.3 Å². The van der Waals surface area contributed by atoms with Crippen LogP contribution in [0.25, 0.3) is 0 Å². The highest BCUT2D eigenvalue weighted by Crippen LogP contribution is 2.10. The lowest BCUT2D eigenvalue weighted by molar-refractivity contribution is -0.122. The fourth-order valence-electron chi connectivity index (χ4n) is 0.951. The van der Waals surface area contributed by atoms with Crippen molar-refractivity contribution in [3.05, 3.63) is 22.4 Å². The Balaban J connectivity index is 2.22. The van der Waals surface area contributed by atoms with Gasteiger partial charge in [-0.15, -0.1) is 11.3 Å². The fraction of sp³-hybridized carbons (Fsp3) is 0.444. The van der Waals surface area contributed by atoms with E-state index < -0.39 is 0 Å². The lowest BCUT2D eigenvalue weighted by atomic mass is 10.2. The fourth-order valence-corrected chi connectivity index (χ4v) is 1.66. The van der Waals surface area contributed by atoms with Gasteiger partial charge in [0.05, 0.1) is 0 Å². The van der Waals surface area contributed by atoms with E-state index in [-0.39, 0.29) is 12.4 Å². The monoisotopic (exact) mass is 184 g/mol. The molecule has 1 rings (SSSR count). The zero-order valence-electron chi connectivity index (χ0n) is 7.08. The molecule has 66 valence electrons. The SMILES string of the molecule is COCC(=O)CCc1cccs1. The molecule has 0 spiro atoms. The first-order valence-corrected chi connectivity index (χ1v) is 4.74. The molecule has 0 aliphatic rings. The number of aryl methyl sites for hydroxylation is 1. The molecular formula is C9H12O2S. The summed E-state index contributed by atoms with van der Waals surface area (Å²) in [5, 5.41) is 2.02. The summed E-state index contributed by atoms with van der Waals surface area (Å²) in [7, 11) is 1.54. The van der Waals surface area contributed by atoms with Crippen molar-refractivity contribution in [2.24, 2.45) is 0 Å². The van der Waals surface area contributed by atoms with Gasteiger partial charge in [0.2, 0.25) is 0 Å². The van der Waals surface area contributed by atoms with Gasteiger partial charge in [0.15, 0.2) is 5.78 Å². The molecule has 0 aliphatic carbocycles. The number of ketones is 1. The van der Waals surface area contributed by atoms with Crippen molar-refractivity contribution >= 4 is 17.1 Å². The molecule has 0 aromatic carbocycles.